The van der Waals surface area contributed by atoms with Gasteiger partial charge in [0.1, 0.15) is 0 Å². The van der Waals surface area contributed by atoms with Gasteiger partial charge in [0.25, 0.3) is 0 Å². The predicted octanol–water partition coefficient (Wildman–Crippen LogP) is 11.3. The third-order valence-electron chi connectivity index (χ3n) is 14.7. The lowest BCUT2D eigenvalue weighted by Gasteiger charge is -2.57. The van der Waals surface area contributed by atoms with Crippen LogP contribution in [0.3, 0.4) is 0 Å². The Bertz CT molecular complexity index is 2030. The monoisotopic (exact) mass is 678 g/mol. The minimum absolute atomic E-state index is 0.368. The van der Waals surface area contributed by atoms with Crippen LogP contribution in [0.4, 0.5) is 0 Å². The van der Waals surface area contributed by atoms with Gasteiger partial charge in [0.05, 0.1) is 11.6 Å². The van der Waals surface area contributed by atoms with Crippen LogP contribution in [-0.2, 0) is 10.8 Å². The molecule has 8 aliphatic rings. The summed E-state index contributed by atoms with van der Waals surface area (Å²) in [4.78, 5) is 15.5. The highest BCUT2D eigenvalue weighted by Crippen LogP contribution is 2.62. The molecule has 258 valence electrons. The molecular formula is C48H46N4. The molecule has 13 rings (SSSR count). The zero-order valence-corrected chi connectivity index (χ0v) is 30.0. The maximum atomic E-state index is 9.32. The summed E-state index contributed by atoms with van der Waals surface area (Å²) in [5, 5.41) is 9.32. The van der Waals surface area contributed by atoms with Gasteiger partial charge in [0.15, 0.2) is 17.5 Å². The molecular weight excluding hydrogens is 633 g/mol. The van der Waals surface area contributed by atoms with Crippen molar-refractivity contribution in [2.24, 2.45) is 35.5 Å². The van der Waals surface area contributed by atoms with Crippen LogP contribution >= 0.6 is 0 Å². The standard InChI is InChI=1S/C48H46N4/c49-29-30-4-6-37(7-5-30)40-2-1-3-41(22-40)46-51-44(38-8-12-42(13-9-38)47-23-31-16-32(24-47)18-33(17-31)25-47)50-45(52-46)39-10-14-43(15-11-39)48-26-34-19-35(27-48)21-36(20-34)28-48/h1-15,22,31-36H,16-21,23-28H2. The van der Waals surface area contributed by atoms with E-state index < -0.39 is 0 Å². The molecule has 8 fully saturated rings. The van der Waals surface area contributed by atoms with Crippen LogP contribution in [-0.4, -0.2) is 15.0 Å². The molecule has 8 aliphatic carbocycles. The van der Waals surface area contributed by atoms with E-state index in [1.807, 2.05) is 24.3 Å². The van der Waals surface area contributed by atoms with Crippen molar-refractivity contribution in [3.8, 4) is 51.4 Å². The van der Waals surface area contributed by atoms with Gasteiger partial charge in [-0.2, -0.15) is 5.26 Å². The lowest BCUT2D eigenvalue weighted by molar-refractivity contribution is -0.00530. The summed E-state index contributed by atoms with van der Waals surface area (Å²) >= 11 is 0. The molecule has 8 bridgehead atoms. The molecule has 0 radical (unpaired) electrons. The fourth-order valence-electron chi connectivity index (χ4n) is 13.2. The van der Waals surface area contributed by atoms with E-state index >= 15 is 0 Å². The van der Waals surface area contributed by atoms with Crippen molar-refractivity contribution in [3.63, 3.8) is 0 Å². The van der Waals surface area contributed by atoms with E-state index in [0.29, 0.717) is 22.2 Å². The van der Waals surface area contributed by atoms with Gasteiger partial charge in [-0.3, -0.25) is 0 Å². The Hall–Kier alpha value is -4.62. The van der Waals surface area contributed by atoms with Crippen LogP contribution in [0, 0.1) is 46.8 Å². The SMILES string of the molecule is N#Cc1ccc(-c2cccc(-c3nc(-c4ccc(C56CC7CC(CC(C7)C5)C6)cc4)nc(-c4ccc(C56CC7CC(CC(C7)C5)C6)cc4)n3)c2)cc1. The lowest BCUT2D eigenvalue weighted by Crippen LogP contribution is -2.48. The van der Waals surface area contributed by atoms with Crippen LogP contribution < -0.4 is 0 Å². The normalized spacial score (nSPS) is 32.2. The Morgan fingerprint density at radius 1 is 0.423 bits per heavy atom. The summed E-state index contributed by atoms with van der Waals surface area (Å²) in [7, 11) is 0. The van der Waals surface area contributed by atoms with Gasteiger partial charge in [-0.15, -0.1) is 0 Å². The fraction of sp³-hybridized carbons (Fsp3) is 0.417. The highest BCUT2D eigenvalue weighted by Gasteiger charge is 2.52. The number of nitriles is 1. The van der Waals surface area contributed by atoms with E-state index in [-0.39, 0.29) is 0 Å². The summed E-state index contributed by atoms with van der Waals surface area (Å²) in [6, 6.07) is 37.2. The third-order valence-corrected chi connectivity index (χ3v) is 14.7. The average molecular weight is 679 g/mol. The van der Waals surface area contributed by atoms with E-state index in [1.165, 1.54) is 88.2 Å². The molecule has 4 nitrogen and oxygen atoms in total. The van der Waals surface area contributed by atoms with Crippen molar-refractivity contribution in [2.75, 3.05) is 0 Å². The van der Waals surface area contributed by atoms with Crippen LogP contribution in [0.25, 0.3) is 45.3 Å². The molecule has 0 unspecified atom stereocenters. The molecule has 4 aromatic carbocycles. The van der Waals surface area contributed by atoms with Gasteiger partial charge in [-0.1, -0.05) is 78.9 Å². The summed E-state index contributed by atoms with van der Waals surface area (Å²) in [6.45, 7) is 0. The number of aromatic nitrogens is 3. The van der Waals surface area contributed by atoms with E-state index in [2.05, 4.69) is 78.9 Å². The maximum Gasteiger partial charge on any atom is 0.164 e. The molecule has 5 aromatic rings. The van der Waals surface area contributed by atoms with Crippen LogP contribution in [0.2, 0.25) is 0 Å². The number of hydrogen-bond donors (Lipinski definition) is 0. The quantitative estimate of drug-likeness (QED) is 0.179. The molecule has 0 spiro atoms. The zero-order valence-electron chi connectivity index (χ0n) is 30.0. The van der Waals surface area contributed by atoms with Crippen LogP contribution in [0.15, 0.2) is 97.1 Å². The smallest absolute Gasteiger partial charge is 0.164 e. The van der Waals surface area contributed by atoms with Crippen molar-refractivity contribution in [3.05, 3.63) is 114 Å². The lowest BCUT2D eigenvalue weighted by atomic mass is 9.48. The van der Waals surface area contributed by atoms with E-state index in [9.17, 15) is 5.26 Å². The van der Waals surface area contributed by atoms with Crippen LogP contribution in [0.5, 0.6) is 0 Å². The number of nitrogens with zero attached hydrogens (tertiary/aromatic N) is 4. The van der Waals surface area contributed by atoms with E-state index in [0.717, 1.165) is 75.0 Å². The minimum atomic E-state index is 0.368. The number of rotatable bonds is 6. The number of benzene rings is 4. The first-order chi connectivity index (χ1) is 25.5. The van der Waals surface area contributed by atoms with Crippen molar-refractivity contribution in [2.45, 2.75) is 87.9 Å². The van der Waals surface area contributed by atoms with Gasteiger partial charge in [0.2, 0.25) is 0 Å². The summed E-state index contributed by atoms with van der Waals surface area (Å²) < 4.78 is 0. The Morgan fingerprint density at radius 3 is 1.19 bits per heavy atom. The van der Waals surface area contributed by atoms with Crippen molar-refractivity contribution >= 4 is 0 Å². The fourth-order valence-corrected chi connectivity index (χ4v) is 13.2. The highest BCUT2D eigenvalue weighted by atomic mass is 15.0. The van der Waals surface area contributed by atoms with Crippen molar-refractivity contribution in [1.82, 2.24) is 15.0 Å². The molecule has 52 heavy (non-hydrogen) atoms. The average Bonchev–Trinajstić information content (AvgIpc) is 3.17. The van der Waals surface area contributed by atoms with E-state index in [4.69, 9.17) is 15.0 Å². The Labute approximate surface area is 307 Å². The molecule has 0 amide bonds. The second-order valence-corrected chi connectivity index (χ2v) is 18.1. The van der Waals surface area contributed by atoms with Gasteiger partial charge >= 0.3 is 0 Å². The van der Waals surface area contributed by atoms with Gasteiger partial charge in [0, 0.05) is 16.7 Å². The predicted molar refractivity (Wildman–Crippen MR) is 206 cm³/mol. The first kappa shape index (κ1) is 31.0. The Morgan fingerprint density at radius 2 is 0.788 bits per heavy atom. The van der Waals surface area contributed by atoms with Gasteiger partial charge < -0.3 is 0 Å². The molecule has 4 heteroatoms. The topological polar surface area (TPSA) is 62.5 Å². The molecule has 1 heterocycles. The summed E-state index contributed by atoms with van der Waals surface area (Å²) in [5.74, 6) is 7.69. The van der Waals surface area contributed by atoms with Gasteiger partial charge in [-0.25, -0.2) is 15.0 Å². The van der Waals surface area contributed by atoms with Crippen LogP contribution in [0.1, 0.15) is 93.7 Å². The molecule has 1 aromatic heterocycles. The van der Waals surface area contributed by atoms with Gasteiger partial charge in [-0.05, 0) is 164 Å². The Balaban J connectivity index is 0.967. The first-order valence-corrected chi connectivity index (χ1v) is 20.1. The summed E-state index contributed by atoms with van der Waals surface area (Å²) in [6.07, 6.45) is 17.0. The van der Waals surface area contributed by atoms with Crippen molar-refractivity contribution < 1.29 is 0 Å². The highest BCUT2D eigenvalue weighted by molar-refractivity contribution is 5.73. The molecule has 0 aliphatic heterocycles. The number of hydrogen-bond acceptors (Lipinski definition) is 4. The Kier molecular flexibility index (Phi) is 6.96. The zero-order chi connectivity index (χ0) is 34.4. The van der Waals surface area contributed by atoms with E-state index in [1.54, 1.807) is 0 Å². The first-order valence-electron chi connectivity index (χ1n) is 20.1. The minimum Gasteiger partial charge on any atom is -0.208 e. The molecule has 8 saturated carbocycles. The molecule has 0 N–H and O–H groups in total. The third kappa shape index (κ3) is 5.18. The largest absolute Gasteiger partial charge is 0.208 e. The molecule has 0 atom stereocenters. The summed E-state index contributed by atoms with van der Waals surface area (Å²) in [5.41, 5.74) is 9.65. The maximum absolute atomic E-state index is 9.32. The van der Waals surface area contributed by atoms with Crippen molar-refractivity contribution in [1.29, 1.82) is 5.26 Å². The second-order valence-electron chi connectivity index (χ2n) is 18.1. The molecule has 0 saturated heterocycles. The second kappa shape index (κ2) is 11.7.